The van der Waals surface area contributed by atoms with E-state index in [1.807, 2.05) is 0 Å². The lowest BCUT2D eigenvalue weighted by molar-refractivity contribution is 0.0379. The first-order valence-electron chi connectivity index (χ1n) is 7.82. The maximum atomic E-state index is 15.3. The van der Waals surface area contributed by atoms with Crippen LogP contribution >= 0.6 is 0 Å². The minimum Gasteiger partial charge on any atom is -0.308 e. The van der Waals surface area contributed by atoms with Crippen molar-refractivity contribution in [1.82, 2.24) is 9.55 Å². The summed E-state index contributed by atoms with van der Waals surface area (Å²) in [5.74, 6) is -3.50. The number of hydrogen-bond donors (Lipinski definition) is 0. The van der Waals surface area contributed by atoms with Crippen LogP contribution in [0.25, 0.3) is 21.8 Å². The van der Waals surface area contributed by atoms with Gasteiger partial charge in [0.05, 0.1) is 11.0 Å². The fraction of sp³-hybridized carbons (Fsp3) is 0.100. The maximum absolute atomic E-state index is 15.3. The molecule has 0 N–H and O–H groups in total. The molecule has 0 aliphatic rings. The molecule has 25 heavy (non-hydrogen) atoms. The summed E-state index contributed by atoms with van der Waals surface area (Å²) >= 11 is 0. The van der Waals surface area contributed by atoms with Crippen LogP contribution in [0.4, 0.5) is 8.78 Å². The quantitative estimate of drug-likeness (QED) is 0.549. The van der Waals surface area contributed by atoms with Crippen molar-refractivity contribution in [1.29, 1.82) is 0 Å². The summed E-state index contributed by atoms with van der Waals surface area (Å²) in [4.78, 5) is 16.6. The highest BCUT2D eigenvalue weighted by atomic mass is 19.3. The second-order valence-electron chi connectivity index (χ2n) is 5.91. The van der Waals surface area contributed by atoms with Gasteiger partial charge in [-0.1, -0.05) is 54.6 Å². The van der Waals surface area contributed by atoms with Crippen molar-refractivity contribution in [2.45, 2.75) is 5.92 Å². The summed E-state index contributed by atoms with van der Waals surface area (Å²) in [6.07, 6.45) is 0. The van der Waals surface area contributed by atoms with Gasteiger partial charge >= 0.3 is 5.92 Å². The van der Waals surface area contributed by atoms with E-state index in [1.165, 1.54) is 17.7 Å². The van der Waals surface area contributed by atoms with Crippen LogP contribution < -0.4 is 5.56 Å². The zero-order valence-corrected chi connectivity index (χ0v) is 13.4. The van der Waals surface area contributed by atoms with Gasteiger partial charge in [-0.25, -0.2) is 4.98 Å². The molecule has 5 heteroatoms. The molecule has 4 aromatic rings. The van der Waals surface area contributed by atoms with Crippen molar-refractivity contribution in [3.05, 3.63) is 88.3 Å². The molecular formula is C20H14F2N2O. The molecule has 0 unspecified atom stereocenters. The monoisotopic (exact) mass is 336 g/mol. The summed E-state index contributed by atoms with van der Waals surface area (Å²) < 4.78 is 31.8. The normalized spacial score (nSPS) is 12.0. The van der Waals surface area contributed by atoms with Crippen molar-refractivity contribution in [3.8, 4) is 0 Å². The Kier molecular flexibility index (Phi) is 3.39. The maximum Gasteiger partial charge on any atom is 0.320 e. The van der Waals surface area contributed by atoms with Crippen LogP contribution in [0.1, 0.15) is 11.3 Å². The first-order chi connectivity index (χ1) is 12.0. The molecule has 0 aliphatic carbocycles. The van der Waals surface area contributed by atoms with Crippen molar-refractivity contribution in [3.63, 3.8) is 0 Å². The number of aromatic nitrogens is 2. The molecule has 3 nitrogen and oxygen atoms in total. The Morgan fingerprint density at radius 3 is 2.44 bits per heavy atom. The fourth-order valence-electron chi connectivity index (χ4n) is 3.11. The highest BCUT2D eigenvalue weighted by Crippen LogP contribution is 2.37. The van der Waals surface area contributed by atoms with Gasteiger partial charge in [0.25, 0.3) is 5.56 Å². The molecule has 3 aromatic carbocycles. The molecule has 0 spiro atoms. The van der Waals surface area contributed by atoms with Crippen LogP contribution in [-0.2, 0) is 13.0 Å². The van der Waals surface area contributed by atoms with Gasteiger partial charge in [-0.15, -0.1) is 0 Å². The molecule has 1 heterocycles. The molecule has 124 valence electrons. The Balaban J connectivity index is 2.04. The Hall–Kier alpha value is -3.08. The number of para-hydroxylation sites is 2. The van der Waals surface area contributed by atoms with Gasteiger partial charge < -0.3 is 4.57 Å². The molecule has 0 saturated carbocycles. The largest absolute Gasteiger partial charge is 0.320 e. The van der Waals surface area contributed by atoms with Crippen LogP contribution in [0.2, 0.25) is 0 Å². The summed E-state index contributed by atoms with van der Waals surface area (Å²) in [6.45, 7) is 0. The molecule has 0 fully saturated rings. The van der Waals surface area contributed by atoms with Crippen molar-refractivity contribution in [2.24, 2.45) is 7.05 Å². The summed E-state index contributed by atoms with van der Waals surface area (Å²) in [5.41, 5.74) is -0.892. The number of benzene rings is 3. The second-order valence-corrected chi connectivity index (χ2v) is 5.91. The highest BCUT2D eigenvalue weighted by molar-refractivity contribution is 5.86. The zero-order valence-electron chi connectivity index (χ0n) is 13.4. The molecule has 0 saturated heterocycles. The predicted octanol–water partition coefficient (Wildman–Crippen LogP) is 4.23. The average molecular weight is 336 g/mol. The Morgan fingerprint density at radius 1 is 0.920 bits per heavy atom. The molecule has 0 bridgehead atoms. The Bertz CT molecular complexity index is 1160. The first kappa shape index (κ1) is 15.4. The van der Waals surface area contributed by atoms with Crippen molar-refractivity contribution < 1.29 is 8.78 Å². The van der Waals surface area contributed by atoms with Gasteiger partial charge in [0, 0.05) is 12.6 Å². The molecule has 0 amide bonds. The van der Waals surface area contributed by atoms with E-state index in [4.69, 9.17) is 0 Å². The van der Waals surface area contributed by atoms with E-state index in [-0.39, 0.29) is 5.56 Å². The number of fused-ring (bicyclic) bond motifs is 2. The lowest BCUT2D eigenvalue weighted by atomic mass is 9.98. The SMILES string of the molecule is Cn1c(=O)c(C(F)(F)c2cccc3ccccc23)nc2ccccc21. The third-order valence-corrected chi connectivity index (χ3v) is 4.41. The highest BCUT2D eigenvalue weighted by Gasteiger charge is 2.40. The van der Waals surface area contributed by atoms with E-state index in [0.29, 0.717) is 21.8 Å². The number of rotatable bonds is 2. The third kappa shape index (κ3) is 2.31. The standard InChI is InChI=1S/C20H14F2N2O/c1-24-17-12-5-4-11-16(17)23-18(19(24)25)20(21,22)15-10-6-8-13-7-2-3-9-14(13)15/h2-12H,1H3. The van der Waals surface area contributed by atoms with E-state index >= 15 is 8.78 Å². The number of hydrogen-bond acceptors (Lipinski definition) is 2. The molecular weight excluding hydrogens is 322 g/mol. The first-order valence-corrected chi connectivity index (χ1v) is 7.82. The minimum absolute atomic E-state index is 0.217. The van der Waals surface area contributed by atoms with E-state index in [2.05, 4.69) is 4.98 Å². The smallest absolute Gasteiger partial charge is 0.308 e. The Labute approximate surface area is 142 Å². The van der Waals surface area contributed by atoms with Crippen LogP contribution in [0, 0.1) is 0 Å². The van der Waals surface area contributed by atoms with Gasteiger partial charge in [0.2, 0.25) is 0 Å². The van der Waals surface area contributed by atoms with Crippen LogP contribution in [0.15, 0.2) is 71.5 Å². The zero-order chi connectivity index (χ0) is 17.6. The van der Waals surface area contributed by atoms with Crippen LogP contribution in [0.5, 0.6) is 0 Å². The molecule has 0 atom stereocenters. The molecule has 0 radical (unpaired) electrons. The van der Waals surface area contributed by atoms with E-state index in [1.54, 1.807) is 60.7 Å². The van der Waals surface area contributed by atoms with Crippen molar-refractivity contribution in [2.75, 3.05) is 0 Å². The Morgan fingerprint density at radius 2 is 1.60 bits per heavy atom. The predicted molar refractivity (Wildman–Crippen MR) is 93.9 cm³/mol. The van der Waals surface area contributed by atoms with Crippen LogP contribution in [0.3, 0.4) is 0 Å². The summed E-state index contributed by atoms with van der Waals surface area (Å²) in [7, 11) is 1.48. The van der Waals surface area contributed by atoms with Gasteiger partial charge in [0.1, 0.15) is 0 Å². The number of halogens is 2. The molecule has 1 aromatic heterocycles. The minimum atomic E-state index is -3.50. The van der Waals surface area contributed by atoms with Crippen molar-refractivity contribution >= 4 is 21.8 Å². The van der Waals surface area contributed by atoms with Gasteiger partial charge in [-0.05, 0) is 22.9 Å². The van der Waals surface area contributed by atoms with Gasteiger partial charge in [-0.3, -0.25) is 4.79 Å². The molecule has 4 rings (SSSR count). The lowest BCUT2D eigenvalue weighted by Gasteiger charge is -2.19. The third-order valence-electron chi connectivity index (χ3n) is 4.41. The van der Waals surface area contributed by atoms with E-state index in [0.717, 1.165) is 0 Å². The van der Waals surface area contributed by atoms with Gasteiger partial charge in [-0.2, -0.15) is 8.78 Å². The van der Waals surface area contributed by atoms with Crippen LogP contribution in [-0.4, -0.2) is 9.55 Å². The number of alkyl halides is 2. The summed E-state index contributed by atoms with van der Waals surface area (Å²) in [5, 5.41) is 1.10. The topological polar surface area (TPSA) is 34.9 Å². The average Bonchev–Trinajstić information content (AvgIpc) is 2.64. The number of aryl methyl sites for hydroxylation is 1. The summed E-state index contributed by atoms with van der Waals surface area (Å²) in [6, 6.07) is 18.3. The fourth-order valence-corrected chi connectivity index (χ4v) is 3.11. The van der Waals surface area contributed by atoms with Gasteiger partial charge in [0.15, 0.2) is 5.69 Å². The number of nitrogens with zero attached hydrogens (tertiary/aromatic N) is 2. The second kappa shape index (κ2) is 5.48. The van der Waals surface area contributed by atoms with E-state index in [9.17, 15) is 4.79 Å². The van der Waals surface area contributed by atoms with E-state index < -0.39 is 17.2 Å². The lowest BCUT2D eigenvalue weighted by Crippen LogP contribution is -2.32. The molecule has 0 aliphatic heterocycles.